The zero-order valence-corrected chi connectivity index (χ0v) is 10.7. The minimum absolute atomic E-state index is 0.218. The van der Waals surface area contributed by atoms with E-state index in [-0.39, 0.29) is 9.80 Å². The smallest absolute Gasteiger partial charge is 0.206 e. The van der Waals surface area contributed by atoms with Crippen molar-refractivity contribution in [1.29, 1.82) is 0 Å². The van der Waals surface area contributed by atoms with Crippen molar-refractivity contribution in [2.45, 2.75) is 17.4 Å². The van der Waals surface area contributed by atoms with E-state index < -0.39 is 15.9 Å². The second kappa shape index (κ2) is 4.96. The molecule has 18 heavy (non-hydrogen) atoms. The summed E-state index contributed by atoms with van der Waals surface area (Å²) in [4.78, 5) is 0.438. The summed E-state index contributed by atoms with van der Waals surface area (Å²) in [6.07, 6.45) is 4.18. The molecule has 0 heterocycles. The molecule has 4 nitrogen and oxygen atoms in total. The predicted octanol–water partition coefficient (Wildman–Crippen LogP) is 1.67. The molecule has 1 unspecified atom stereocenters. The lowest BCUT2D eigenvalue weighted by Gasteiger charge is -2.12. The average molecular weight is 266 g/mol. The Hall–Kier alpha value is -1.59. The topological polar surface area (TPSA) is 63.6 Å². The fourth-order valence-corrected chi connectivity index (χ4v) is 3.02. The van der Waals surface area contributed by atoms with Crippen molar-refractivity contribution in [2.24, 2.45) is 0 Å². The van der Waals surface area contributed by atoms with Crippen molar-refractivity contribution >= 4 is 9.84 Å². The van der Waals surface area contributed by atoms with Gasteiger partial charge >= 0.3 is 0 Å². The third kappa shape index (κ3) is 2.47. The molecule has 0 saturated carbocycles. The molecule has 0 amide bonds. The molecule has 0 aliphatic heterocycles. The largest absolute Gasteiger partial charge is 0.497 e. The summed E-state index contributed by atoms with van der Waals surface area (Å²) in [5.41, 5.74) is 0. The van der Waals surface area contributed by atoms with E-state index in [1.54, 1.807) is 12.1 Å². The first-order valence-electron chi connectivity index (χ1n) is 5.49. The first-order chi connectivity index (χ1) is 8.54. The highest BCUT2D eigenvalue weighted by atomic mass is 32.2. The summed E-state index contributed by atoms with van der Waals surface area (Å²) < 4.78 is 29.5. The Kier molecular flexibility index (Phi) is 3.54. The highest BCUT2D eigenvalue weighted by Crippen LogP contribution is 2.25. The number of rotatable bonds is 3. The van der Waals surface area contributed by atoms with Gasteiger partial charge in [0.15, 0.2) is 0 Å². The second-order valence-corrected chi connectivity index (χ2v) is 5.90. The van der Waals surface area contributed by atoms with Gasteiger partial charge in [-0.1, -0.05) is 12.2 Å². The van der Waals surface area contributed by atoms with E-state index in [2.05, 4.69) is 0 Å². The van der Waals surface area contributed by atoms with Gasteiger partial charge in [-0.25, -0.2) is 8.42 Å². The number of ether oxygens (including phenoxy) is 1. The second-order valence-electron chi connectivity index (χ2n) is 3.95. The van der Waals surface area contributed by atoms with Crippen molar-refractivity contribution in [2.75, 3.05) is 7.11 Å². The van der Waals surface area contributed by atoms with Crippen LogP contribution in [0.15, 0.2) is 52.3 Å². The van der Waals surface area contributed by atoms with Crippen molar-refractivity contribution in [3.05, 3.63) is 47.4 Å². The van der Waals surface area contributed by atoms with Crippen LogP contribution in [0.25, 0.3) is 0 Å². The van der Waals surface area contributed by atoms with Crippen LogP contribution in [-0.2, 0) is 9.84 Å². The fourth-order valence-electron chi connectivity index (χ4n) is 1.68. The Bertz CT molecular complexity index is 582. The van der Waals surface area contributed by atoms with Crippen molar-refractivity contribution in [3.63, 3.8) is 0 Å². The lowest BCUT2D eigenvalue weighted by molar-refractivity contribution is 0.225. The Morgan fingerprint density at radius 2 is 1.94 bits per heavy atom. The van der Waals surface area contributed by atoms with Crippen LogP contribution in [0.5, 0.6) is 5.75 Å². The molecular formula is C13H14O4S. The zero-order valence-electron chi connectivity index (χ0n) is 9.91. The lowest BCUT2D eigenvalue weighted by Crippen LogP contribution is -2.10. The van der Waals surface area contributed by atoms with Crippen molar-refractivity contribution in [3.8, 4) is 5.75 Å². The van der Waals surface area contributed by atoms with E-state index in [1.165, 1.54) is 37.5 Å². The van der Waals surface area contributed by atoms with Crippen LogP contribution in [0, 0.1) is 0 Å². The summed E-state index contributed by atoms with van der Waals surface area (Å²) in [5.74, 6) is 0.609. The molecule has 1 aromatic rings. The number of hydrogen-bond donors (Lipinski definition) is 1. The molecule has 0 radical (unpaired) electrons. The minimum atomic E-state index is -3.50. The molecule has 0 bridgehead atoms. The third-order valence-corrected chi connectivity index (χ3v) is 4.54. The van der Waals surface area contributed by atoms with Crippen LogP contribution in [0.3, 0.4) is 0 Å². The molecule has 1 N–H and O–H groups in total. The minimum Gasteiger partial charge on any atom is -0.497 e. The molecule has 1 aromatic carbocycles. The van der Waals surface area contributed by atoms with E-state index in [0.29, 0.717) is 12.2 Å². The van der Waals surface area contributed by atoms with E-state index in [4.69, 9.17) is 4.74 Å². The molecule has 5 heteroatoms. The number of aliphatic hydroxyl groups excluding tert-OH is 1. The van der Waals surface area contributed by atoms with Gasteiger partial charge in [-0.05, 0) is 36.8 Å². The highest BCUT2D eigenvalue weighted by Gasteiger charge is 2.20. The first kappa shape index (κ1) is 12.9. The summed E-state index contributed by atoms with van der Waals surface area (Å²) in [5, 5.41) is 9.29. The zero-order chi connectivity index (χ0) is 13.2. The van der Waals surface area contributed by atoms with Crippen LogP contribution in [-0.4, -0.2) is 26.7 Å². The van der Waals surface area contributed by atoms with Crippen molar-refractivity contribution in [1.82, 2.24) is 0 Å². The molecule has 0 fully saturated rings. The highest BCUT2D eigenvalue weighted by molar-refractivity contribution is 7.95. The summed E-state index contributed by atoms with van der Waals surface area (Å²) in [6.45, 7) is 0. The summed E-state index contributed by atoms with van der Waals surface area (Å²) in [6, 6.07) is 6.23. The van der Waals surface area contributed by atoms with Crippen LogP contribution in [0.1, 0.15) is 6.42 Å². The van der Waals surface area contributed by atoms with Crippen molar-refractivity contribution < 1.29 is 18.3 Å². The monoisotopic (exact) mass is 266 g/mol. The maximum atomic E-state index is 12.3. The Labute approximate surface area is 106 Å². The van der Waals surface area contributed by atoms with Gasteiger partial charge in [0.05, 0.1) is 23.0 Å². The molecule has 2 rings (SSSR count). The van der Waals surface area contributed by atoms with E-state index in [9.17, 15) is 13.5 Å². The van der Waals surface area contributed by atoms with Gasteiger partial charge in [-0.3, -0.25) is 0 Å². The predicted molar refractivity (Wildman–Crippen MR) is 68.0 cm³/mol. The molecule has 1 aliphatic carbocycles. The standard InChI is InChI=1S/C13H14O4S/c1-17-11-4-8-13(9-5-11)18(15,16)12-6-2-10(14)3-7-12/h2,4-10,14H,3H2,1H3. The van der Waals surface area contributed by atoms with E-state index in [1.807, 2.05) is 0 Å². The van der Waals surface area contributed by atoms with Crippen LogP contribution >= 0.6 is 0 Å². The molecule has 96 valence electrons. The van der Waals surface area contributed by atoms with Gasteiger partial charge in [0.1, 0.15) is 5.75 Å². The van der Waals surface area contributed by atoms with E-state index in [0.717, 1.165) is 0 Å². The number of aliphatic hydroxyl groups is 1. The van der Waals surface area contributed by atoms with Gasteiger partial charge in [-0.2, -0.15) is 0 Å². The average Bonchev–Trinajstić information content (AvgIpc) is 2.39. The summed E-state index contributed by atoms with van der Waals surface area (Å²) in [7, 11) is -1.98. The number of benzene rings is 1. The van der Waals surface area contributed by atoms with Gasteiger partial charge in [-0.15, -0.1) is 0 Å². The normalized spacial score (nSPS) is 19.4. The third-order valence-electron chi connectivity index (χ3n) is 2.72. The van der Waals surface area contributed by atoms with Crippen LogP contribution in [0.4, 0.5) is 0 Å². The van der Waals surface area contributed by atoms with Gasteiger partial charge in [0.25, 0.3) is 0 Å². The fraction of sp³-hybridized carbons (Fsp3) is 0.231. The van der Waals surface area contributed by atoms with Gasteiger partial charge in [0, 0.05) is 0 Å². The number of methoxy groups -OCH3 is 1. The van der Waals surface area contributed by atoms with Gasteiger partial charge < -0.3 is 9.84 Å². The quantitative estimate of drug-likeness (QED) is 0.904. The SMILES string of the molecule is COc1ccc(S(=O)(=O)C2=CCC(O)C=C2)cc1. The van der Waals surface area contributed by atoms with Crippen LogP contribution in [0.2, 0.25) is 0 Å². The lowest BCUT2D eigenvalue weighted by atomic mass is 10.1. The molecular weight excluding hydrogens is 252 g/mol. The van der Waals surface area contributed by atoms with Crippen LogP contribution < -0.4 is 4.74 Å². The first-order valence-corrected chi connectivity index (χ1v) is 6.98. The molecule has 1 aliphatic rings. The number of sulfone groups is 1. The molecule has 0 saturated heterocycles. The molecule has 0 spiro atoms. The molecule has 0 aromatic heterocycles. The van der Waals surface area contributed by atoms with E-state index >= 15 is 0 Å². The Balaban J connectivity index is 2.34. The summed E-state index contributed by atoms with van der Waals surface area (Å²) >= 11 is 0. The maximum Gasteiger partial charge on any atom is 0.206 e. The number of hydrogen-bond acceptors (Lipinski definition) is 4. The number of allylic oxidation sites excluding steroid dienone is 1. The molecule has 1 atom stereocenters. The van der Waals surface area contributed by atoms with Gasteiger partial charge in [0.2, 0.25) is 9.84 Å². The Morgan fingerprint density at radius 3 is 2.44 bits per heavy atom. The maximum absolute atomic E-state index is 12.3. The Morgan fingerprint density at radius 1 is 1.28 bits per heavy atom.